The van der Waals surface area contributed by atoms with E-state index in [-0.39, 0.29) is 0 Å². The zero-order valence-electron chi connectivity index (χ0n) is 9.87. The molecular weight excluding hydrogens is 294 g/mol. The van der Waals surface area contributed by atoms with Crippen molar-refractivity contribution in [3.63, 3.8) is 0 Å². The van der Waals surface area contributed by atoms with E-state index in [0.29, 0.717) is 0 Å². The van der Waals surface area contributed by atoms with Crippen LogP contribution in [0, 0.1) is 0 Å². The third-order valence-corrected chi connectivity index (χ3v) is 4.10. The standard InChI is InChI=1S/C14H16BrNS/c1-17-10-4-9-16-14-8-7-13(15)11-5-2-3-6-12(11)14/h2-3,5-8,16H,4,9-10H2,1H3. The molecule has 0 atom stereocenters. The normalized spacial score (nSPS) is 10.7. The van der Waals surface area contributed by atoms with Crippen molar-refractivity contribution in [2.75, 3.05) is 23.9 Å². The molecule has 2 aromatic rings. The highest BCUT2D eigenvalue weighted by molar-refractivity contribution is 9.10. The Kier molecular flexibility index (Phi) is 4.75. The van der Waals surface area contributed by atoms with Crippen LogP contribution in [0.2, 0.25) is 0 Å². The van der Waals surface area contributed by atoms with Gasteiger partial charge in [-0.1, -0.05) is 40.2 Å². The van der Waals surface area contributed by atoms with Gasteiger partial charge >= 0.3 is 0 Å². The topological polar surface area (TPSA) is 12.0 Å². The molecule has 0 aliphatic heterocycles. The fourth-order valence-corrected chi connectivity index (χ4v) is 2.77. The Morgan fingerprint density at radius 3 is 2.65 bits per heavy atom. The number of fused-ring (bicyclic) bond motifs is 1. The Morgan fingerprint density at radius 2 is 1.88 bits per heavy atom. The van der Waals surface area contributed by atoms with Crippen molar-refractivity contribution >= 4 is 44.2 Å². The number of hydrogen-bond acceptors (Lipinski definition) is 2. The van der Waals surface area contributed by atoms with Crippen LogP contribution in [0.5, 0.6) is 0 Å². The van der Waals surface area contributed by atoms with Gasteiger partial charge < -0.3 is 5.32 Å². The number of halogens is 1. The van der Waals surface area contributed by atoms with Gasteiger partial charge in [0.1, 0.15) is 0 Å². The van der Waals surface area contributed by atoms with E-state index in [1.165, 1.54) is 28.6 Å². The summed E-state index contributed by atoms with van der Waals surface area (Å²) in [6.45, 7) is 1.03. The molecule has 17 heavy (non-hydrogen) atoms. The van der Waals surface area contributed by atoms with Crippen LogP contribution in [-0.2, 0) is 0 Å². The first kappa shape index (κ1) is 12.8. The number of hydrogen-bond donors (Lipinski definition) is 1. The fraction of sp³-hybridized carbons (Fsp3) is 0.286. The Morgan fingerprint density at radius 1 is 1.12 bits per heavy atom. The molecule has 0 aliphatic rings. The van der Waals surface area contributed by atoms with Gasteiger partial charge in [-0.05, 0) is 35.9 Å². The predicted molar refractivity (Wildman–Crippen MR) is 83.1 cm³/mol. The van der Waals surface area contributed by atoms with Gasteiger partial charge in [-0.25, -0.2) is 0 Å². The second-order valence-electron chi connectivity index (χ2n) is 3.91. The average molecular weight is 310 g/mol. The van der Waals surface area contributed by atoms with Crippen LogP contribution in [0.25, 0.3) is 10.8 Å². The van der Waals surface area contributed by atoms with Crippen LogP contribution >= 0.6 is 27.7 Å². The highest BCUT2D eigenvalue weighted by atomic mass is 79.9. The maximum Gasteiger partial charge on any atom is 0.0420 e. The van der Waals surface area contributed by atoms with E-state index in [9.17, 15) is 0 Å². The molecule has 0 unspecified atom stereocenters. The van der Waals surface area contributed by atoms with Gasteiger partial charge in [-0.15, -0.1) is 0 Å². The minimum Gasteiger partial charge on any atom is -0.385 e. The van der Waals surface area contributed by atoms with E-state index < -0.39 is 0 Å². The quantitative estimate of drug-likeness (QED) is 0.799. The van der Waals surface area contributed by atoms with Crippen molar-refractivity contribution in [3.05, 3.63) is 40.9 Å². The van der Waals surface area contributed by atoms with Crippen molar-refractivity contribution in [1.82, 2.24) is 0 Å². The Hall–Kier alpha value is -0.670. The van der Waals surface area contributed by atoms with E-state index >= 15 is 0 Å². The van der Waals surface area contributed by atoms with Crippen LogP contribution in [0.4, 0.5) is 5.69 Å². The summed E-state index contributed by atoms with van der Waals surface area (Å²) in [5.41, 5.74) is 1.23. The number of anilines is 1. The van der Waals surface area contributed by atoms with Crippen molar-refractivity contribution in [2.45, 2.75) is 6.42 Å². The average Bonchev–Trinajstić information content (AvgIpc) is 2.37. The molecule has 90 valence electrons. The first-order valence-corrected chi connectivity index (χ1v) is 7.91. The van der Waals surface area contributed by atoms with Gasteiger partial charge in [0.05, 0.1) is 0 Å². The molecule has 0 heterocycles. The summed E-state index contributed by atoms with van der Waals surface area (Å²) in [5, 5.41) is 6.06. The fourth-order valence-electron chi connectivity index (χ4n) is 1.86. The van der Waals surface area contributed by atoms with E-state index in [1.807, 2.05) is 11.8 Å². The monoisotopic (exact) mass is 309 g/mol. The Labute approximate surface area is 115 Å². The maximum absolute atomic E-state index is 3.59. The lowest BCUT2D eigenvalue weighted by Gasteiger charge is -2.10. The molecular formula is C14H16BrNS. The second-order valence-corrected chi connectivity index (χ2v) is 5.75. The smallest absolute Gasteiger partial charge is 0.0420 e. The zero-order chi connectivity index (χ0) is 12.1. The van der Waals surface area contributed by atoms with Gasteiger partial charge in [0.2, 0.25) is 0 Å². The first-order chi connectivity index (χ1) is 8.33. The minimum atomic E-state index is 1.03. The van der Waals surface area contributed by atoms with Crippen molar-refractivity contribution in [2.24, 2.45) is 0 Å². The number of benzene rings is 2. The third-order valence-electron chi connectivity index (χ3n) is 2.71. The minimum absolute atomic E-state index is 1.03. The lowest BCUT2D eigenvalue weighted by atomic mass is 10.1. The molecule has 0 bridgehead atoms. The molecule has 0 amide bonds. The molecule has 0 saturated heterocycles. The van der Waals surface area contributed by atoms with E-state index in [1.54, 1.807) is 0 Å². The SMILES string of the molecule is CSCCCNc1ccc(Br)c2ccccc12. The predicted octanol–water partition coefficient (Wildman–Crippen LogP) is 4.77. The summed E-state index contributed by atoms with van der Waals surface area (Å²) in [6, 6.07) is 12.7. The van der Waals surface area contributed by atoms with Crippen molar-refractivity contribution < 1.29 is 0 Å². The van der Waals surface area contributed by atoms with Crippen LogP contribution in [0.15, 0.2) is 40.9 Å². The summed E-state index contributed by atoms with van der Waals surface area (Å²) in [4.78, 5) is 0. The largest absolute Gasteiger partial charge is 0.385 e. The van der Waals surface area contributed by atoms with Crippen LogP contribution in [0.1, 0.15) is 6.42 Å². The van der Waals surface area contributed by atoms with Crippen LogP contribution < -0.4 is 5.32 Å². The number of nitrogens with one attached hydrogen (secondary N) is 1. The molecule has 0 spiro atoms. The Bertz CT molecular complexity index is 499. The molecule has 0 saturated carbocycles. The molecule has 0 aromatic heterocycles. The van der Waals surface area contributed by atoms with Crippen molar-refractivity contribution in [3.8, 4) is 0 Å². The Balaban J connectivity index is 2.20. The van der Waals surface area contributed by atoms with Gasteiger partial charge in [-0.2, -0.15) is 11.8 Å². The first-order valence-electron chi connectivity index (χ1n) is 5.73. The zero-order valence-corrected chi connectivity index (χ0v) is 12.3. The molecule has 1 N–H and O–H groups in total. The molecule has 2 rings (SSSR count). The molecule has 1 nitrogen and oxygen atoms in total. The molecule has 0 radical (unpaired) electrons. The third kappa shape index (κ3) is 3.17. The highest BCUT2D eigenvalue weighted by Gasteiger charge is 2.02. The van der Waals surface area contributed by atoms with Gasteiger partial charge in [0, 0.05) is 22.1 Å². The van der Waals surface area contributed by atoms with Crippen LogP contribution in [0.3, 0.4) is 0 Å². The molecule has 2 aromatic carbocycles. The van der Waals surface area contributed by atoms with E-state index in [2.05, 4.69) is 63.9 Å². The number of thioether (sulfide) groups is 1. The number of rotatable bonds is 5. The molecule has 0 fully saturated rings. The summed E-state index contributed by atoms with van der Waals surface area (Å²) in [7, 11) is 0. The van der Waals surface area contributed by atoms with Gasteiger partial charge in [0.15, 0.2) is 0 Å². The van der Waals surface area contributed by atoms with Gasteiger partial charge in [0.25, 0.3) is 0 Å². The second kappa shape index (κ2) is 6.31. The maximum atomic E-state index is 3.59. The molecule has 0 aliphatic carbocycles. The van der Waals surface area contributed by atoms with Crippen LogP contribution in [-0.4, -0.2) is 18.6 Å². The summed E-state index contributed by atoms with van der Waals surface area (Å²) >= 11 is 5.49. The van der Waals surface area contributed by atoms with Crippen molar-refractivity contribution in [1.29, 1.82) is 0 Å². The summed E-state index contributed by atoms with van der Waals surface area (Å²) < 4.78 is 1.16. The lowest BCUT2D eigenvalue weighted by Crippen LogP contribution is -2.02. The summed E-state index contributed by atoms with van der Waals surface area (Å²) in [6.07, 6.45) is 3.35. The molecule has 3 heteroatoms. The lowest BCUT2D eigenvalue weighted by molar-refractivity contribution is 0.995. The van der Waals surface area contributed by atoms with Gasteiger partial charge in [-0.3, -0.25) is 0 Å². The highest BCUT2D eigenvalue weighted by Crippen LogP contribution is 2.29. The summed E-state index contributed by atoms with van der Waals surface area (Å²) in [5.74, 6) is 1.21. The van der Waals surface area contributed by atoms with E-state index in [4.69, 9.17) is 0 Å². The van der Waals surface area contributed by atoms with E-state index in [0.717, 1.165) is 11.0 Å².